The summed E-state index contributed by atoms with van der Waals surface area (Å²) < 4.78 is 33.7. The van der Waals surface area contributed by atoms with Crippen molar-refractivity contribution in [3.8, 4) is 5.75 Å². The van der Waals surface area contributed by atoms with Crippen molar-refractivity contribution in [1.29, 1.82) is 0 Å². The lowest BCUT2D eigenvalue weighted by atomic mass is 9.87. The number of aliphatic imine (C=N–C) groups is 2. The highest BCUT2D eigenvalue weighted by molar-refractivity contribution is 7.89. The fraction of sp³-hybridized carbons (Fsp3) is 0.600. The molecule has 3 aliphatic rings. The Morgan fingerprint density at radius 2 is 1.70 bits per heavy atom. The van der Waals surface area contributed by atoms with Crippen molar-refractivity contribution in [3.05, 3.63) is 18.2 Å². The minimum atomic E-state index is -3.61. The van der Waals surface area contributed by atoms with Crippen LogP contribution in [-0.4, -0.2) is 50.5 Å². The number of rotatable bonds is 4. The molecule has 2 aliphatic heterocycles. The van der Waals surface area contributed by atoms with E-state index in [1.807, 2.05) is 4.90 Å². The Kier molecular flexibility index (Phi) is 5.63. The number of nitrogens with two attached hydrogens (primary N) is 2. The molecule has 4 N–H and O–H groups in total. The minimum Gasteiger partial charge on any atom is -0.495 e. The second-order valence-electron chi connectivity index (χ2n) is 8.12. The molecule has 1 saturated heterocycles. The number of ether oxygens (including phenoxy) is 1. The molecule has 4 rings (SSSR count). The van der Waals surface area contributed by atoms with Gasteiger partial charge in [-0.2, -0.15) is 9.30 Å². The molecule has 0 radical (unpaired) electrons. The van der Waals surface area contributed by atoms with Crippen LogP contribution in [0.15, 0.2) is 33.1 Å². The topological polar surface area (TPSA) is 127 Å². The summed E-state index contributed by atoms with van der Waals surface area (Å²) in [5.74, 6) is 0.878. The highest BCUT2D eigenvalue weighted by atomic mass is 32.2. The molecule has 30 heavy (non-hydrogen) atoms. The average molecular weight is 435 g/mol. The molecular weight excluding hydrogens is 404 g/mol. The first kappa shape index (κ1) is 20.9. The summed E-state index contributed by atoms with van der Waals surface area (Å²) in [6.45, 7) is 1.09. The van der Waals surface area contributed by atoms with E-state index in [4.69, 9.17) is 16.2 Å². The van der Waals surface area contributed by atoms with Gasteiger partial charge in [-0.05, 0) is 56.7 Å². The zero-order valence-corrected chi connectivity index (χ0v) is 18.2. The van der Waals surface area contributed by atoms with E-state index in [1.54, 1.807) is 29.6 Å². The highest BCUT2D eigenvalue weighted by Gasteiger charge is 2.44. The number of sulfonamides is 1. The first-order valence-electron chi connectivity index (χ1n) is 10.6. The molecule has 164 valence electrons. The van der Waals surface area contributed by atoms with Gasteiger partial charge >= 0.3 is 0 Å². The monoisotopic (exact) mass is 434 g/mol. The first-order chi connectivity index (χ1) is 14.4. The van der Waals surface area contributed by atoms with Crippen molar-refractivity contribution in [2.24, 2.45) is 21.5 Å². The largest absolute Gasteiger partial charge is 0.495 e. The fourth-order valence-corrected chi connectivity index (χ4v) is 6.27. The van der Waals surface area contributed by atoms with Crippen LogP contribution in [0.4, 0.5) is 5.69 Å². The van der Waals surface area contributed by atoms with E-state index in [0.29, 0.717) is 24.5 Å². The van der Waals surface area contributed by atoms with Gasteiger partial charge in [-0.15, -0.1) is 0 Å². The van der Waals surface area contributed by atoms with Gasteiger partial charge < -0.3 is 16.2 Å². The van der Waals surface area contributed by atoms with Crippen molar-refractivity contribution in [2.75, 3.05) is 25.1 Å². The number of piperidine rings is 1. The Bertz CT molecular complexity index is 963. The van der Waals surface area contributed by atoms with Crippen LogP contribution in [-0.2, 0) is 10.0 Å². The Balaban J connectivity index is 1.81. The van der Waals surface area contributed by atoms with Gasteiger partial charge in [0, 0.05) is 13.1 Å². The molecule has 1 spiro atoms. The number of hydrogen-bond acceptors (Lipinski definition) is 8. The Morgan fingerprint density at radius 1 is 1.03 bits per heavy atom. The van der Waals surface area contributed by atoms with Crippen molar-refractivity contribution < 1.29 is 13.2 Å². The molecule has 10 heteroatoms. The smallest absolute Gasteiger partial charge is 0.243 e. The summed E-state index contributed by atoms with van der Waals surface area (Å²) in [5, 5.41) is 0. The second-order valence-corrected chi connectivity index (χ2v) is 10.1. The molecule has 0 aromatic heterocycles. The Hall–Kier alpha value is -2.33. The Morgan fingerprint density at radius 3 is 2.37 bits per heavy atom. The predicted octanol–water partition coefficient (Wildman–Crippen LogP) is 1.98. The minimum absolute atomic E-state index is 0.154. The number of hydrogen-bond donors (Lipinski definition) is 2. The van der Waals surface area contributed by atoms with Crippen LogP contribution in [0.25, 0.3) is 0 Å². The van der Waals surface area contributed by atoms with Crippen LogP contribution in [0.1, 0.15) is 51.4 Å². The third-order valence-electron chi connectivity index (χ3n) is 6.20. The summed E-state index contributed by atoms with van der Waals surface area (Å²) >= 11 is 0. The molecule has 0 atom stereocenters. The second kappa shape index (κ2) is 8.07. The number of nitrogens with zero attached hydrogens (tertiary/aromatic N) is 4. The van der Waals surface area contributed by atoms with Crippen LogP contribution >= 0.6 is 0 Å². The fourth-order valence-electron chi connectivity index (χ4n) is 4.73. The summed E-state index contributed by atoms with van der Waals surface area (Å²) in [6.07, 6.45) is 7.41. The van der Waals surface area contributed by atoms with Gasteiger partial charge in [0.15, 0.2) is 0 Å². The van der Waals surface area contributed by atoms with E-state index in [-0.39, 0.29) is 16.8 Å². The molecule has 9 nitrogen and oxygen atoms in total. The molecule has 1 aliphatic carbocycles. The van der Waals surface area contributed by atoms with E-state index >= 15 is 0 Å². The molecule has 1 saturated carbocycles. The predicted molar refractivity (Wildman–Crippen MR) is 117 cm³/mol. The van der Waals surface area contributed by atoms with Gasteiger partial charge in [0.1, 0.15) is 11.4 Å². The van der Waals surface area contributed by atoms with Crippen molar-refractivity contribution in [1.82, 2.24) is 4.31 Å². The van der Waals surface area contributed by atoms with Crippen molar-refractivity contribution in [3.63, 3.8) is 0 Å². The van der Waals surface area contributed by atoms with Crippen LogP contribution in [0, 0.1) is 0 Å². The molecule has 1 aromatic rings. The van der Waals surface area contributed by atoms with E-state index in [0.717, 1.165) is 51.4 Å². The molecule has 2 fully saturated rings. The van der Waals surface area contributed by atoms with Gasteiger partial charge in [0.25, 0.3) is 0 Å². The van der Waals surface area contributed by atoms with Gasteiger partial charge in [0.05, 0.1) is 17.7 Å². The SMILES string of the molecule is COc1ccc(S(=O)(=O)N2CCCCC2)cc1N1C(N)=NC(N)=NC12CCCCC2. The van der Waals surface area contributed by atoms with E-state index in [1.165, 1.54) is 0 Å². The first-order valence-corrected chi connectivity index (χ1v) is 12.0. The molecule has 0 bridgehead atoms. The molecule has 0 unspecified atom stereocenters. The lowest BCUT2D eigenvalue weighted by Gasteiger charge is -2.46. The molecule has 1 aromatic carbocycles. The van der Waals surface area contributed by atoms with E-state index in [2.05, 4.69) is 9.98 Å². The summed E-state index contributed by atoms with van der Waals surface area (Å²) in [5.41, 5.74) is 12.2. The lowest BCUT2D eigenvalue weighted by molar-refractivity contribution is 0.302. The Labute approximate surface area is 177 Å². The number of anilines is 1. The van der Waals surface area contributed by atoms with Gasteiger partial charge in [0.2, 0.25) is 21.9 Å². The van der Waals surface area contributed by atoms with Crippen LogP contribution in [0.3, 0.4) is 0 Å². The molecule has 0 amide bonds. The highest BCUT2D eigenvalue weighted by Crippen LogP contribution is 2.43. The number of guanidine groups is 2. The normalized spacial score (nSPS) is 22.5. The van der Waals surface area contributed by atoms with Crippen LogP contribution in [0.2, 0.25) is 0 Å². The van der Waals surface area contributed by atoms with Crippen LogP contribution < -0.4 is 21.1 Å². The maximum Gasteiger partial charge on any atom is 0.243 e. The van der Waals surface area contributed by atoms with Crippen molar-refractivity contribution in [2.45, 2.75) is 61.9 Å². The summed E-state index contributed by atoms with van der Waals surface area (Å²) in [4.78, 5) is 10.9. The average Bonchev–Trinajstić information content (AvgIpc) is 2.74. The number of benzene rings is 1. The van der Waals surface area contributed by atoms with Gasteiger partial charge in [-0.25, -0.2) is 13.4 Å². The zero-order chi connectivity index (χ0) is 21.4. The third kappa shape index (κ3) is 3.62. The van der Waals surface area contributed by atoms with Gasteiger partial charge in [-0.1, -0.05) is 12.8 Å². The summed E-state index contributed by atoms with van der Waals surface area (Å²) in [6, 6.07) is 4.91. The van der Waals surface area contributed by atoms with Crippen molar-refractivity contribution >= 4 is 27.6 Å². The lowest BCUT2D eigenvalue weighted by Crippen LogP contribution is -2.58. The van der Waals surface area contributed by atoms with Crippen LogP contribution in [0.5, 0.6) is 5.75 Å². The molecule has 2 heterocycles. The standard InChI is InChI=1S/C20H30N6O3S/c1-29-17-9-8-15(30(27,28)25-12-6-3-7-13-25)14-16(17)26-19(22)23-18(21)24-20(26)10-4-2-5-11-20/h8-9,14H,2-7,10-13H2,1H3,(H4,21,22,23,24). The third-order valence-corrected chi connectivity index (χ3v) is 8.09. The maximum absolute atomic E-state index is 13.3. The molecular formula is C20H30N6O3S. The number of methoxy groups -OCH3 is 1. The van der Waals surface area contributed by atoms with Gasteiger partial charge in [-0.3, -0.25) is 4.90 Å². The summed E-state index contributed by atoms with van der Waals surface area (Å²) in [7, 11) is -2.05. The quantitative estimate of drug-likeness (QED) is 0.746. The zero-order valence-electron chi connectivity index (χ0n) is 17.4. The maximum atomic E-state index is 13.3. The van der Waals surface area contributed by atoms with E-state index < -0.39 is 15.7 Å². The van der Waals surface area contributed by atoms with E-state index in [9.17, 15) is 8.42 Å².